The molecule has 1 fully saturated rings. The molecule has 0 aromatic heterocycles. The zero-order valence-corrected chi connectivity index (χ0v) is 18.4. The van der Waals surface area contributed by atoms with Gasteiger partial charge in [-0.25, -0.2) is 4.39 Å². The van der Waals surface area contributed by atoms with Crippen molar-refractivity contribution in [3.63, 3.8) is 0 Å². The maximum atomic E-state index is 13.8. The molecule has 1 heterocycles. The molecule has 1 N–H and O–H groups in total. The van der Waals surface area contributed by atoms with Gasteiger partial charge in [0, 0.05) is 30.6 Å². The molecule has 5 nitrogen and oxygen atoms in total. The quantitative estimate of drug-likeness (QED) is 0.645. The summed E-state index contributed by atoms with van der Waals surface area (Å²) in [6, 6.07) is 16.2. The van der Waals surface area contributed by atoms with Gasteiger partial charge in [0.1, 0.15) is 11.6 Å². The molecule has 32 heavy (non-hydrogen) atoms. The van der Waals surface area contributed by atoms with E-state index in [4.69, 9.17) is 4.74 Å². The molecule has 2 amide bonds. The SMILES string of the molecule is COc1ccc(C(=O)N2CCCC(C(=O)NCc3ccc(C)c(F)c3)C2)c2ccccc12. The van der Waals surface area contributed by atoms with Crippen molar-refractivity contribution in [1.29, 1.82) is 0 Å². The second-order valence-electron chi connectivity index (χ2n) is 8.25. The number of amides is 2. The standard InChI is InChI=1S/C26H27FN2O3/c1-17-9-10-18(14-23(17)27)15-28-25(30)19-6-5-13-29(16-19)26(31)22-11-12-24(32-2)21-8-4-3-7-20(21)22/h3-4,7-12,14,19H,5-6,13,15-16H2,1-2H3,(H,28,30). The van der Waals surface area contributed by atoms with Crippen LogP contribution in [0.4, 0.5) is 4.39 Å². The Labute approximate surface area is 187 Å². The van der Waals surface area contributed by atoms with Gasteiger partial charge in [-0.2, -0.15) is 0 Å². The summed E-state index contributed by atoms with van der Waals surface area (Å²) in [5.41, 5.74) is 1.90. The average Bonchev–Trinajstić information content (AvgIpc) is 2.83. The third kappa shape index (κ3) is 4.44. The first-order valence-corrected chi connectivity index (χ1v) is 10.9. The van der Waals surface area contributed by atoms with Gasteiger partial charge >= 0.3 is 0 Å². The van der Waals surface area contributed by atoms with Gasteiger partial charge in [-0.1, -0.05) is 36.4 Å². The number of fused-ring (bicyclic) bond motifs is 1. The van der Waals surface area contributed by atoms with Crippen molar-refractivity contribution in [2.24, 2.45) is 5.92 Å². The first-order valence-electron chi connectivity index (χ1n) is 10.9. The van der Waals surface area contributed by atoms with Crippen LogP contribution < -0.4 is 10.1 Å². The third-order valence-electron chi connectivity index (χ3n) is 6.12. The number of hydrogen-bond donors (Lipinski definition) is 1. The Morgan fingerprint density at radius 2 is 1.91 bits per heavy atom. The van der Waals surface area contributed by atoms with Crippen molar-refractivity contribution in [2.75, 3.05) is 20.2 Å². The van der Waals surface area contributed by atoms with E-state index >= 15 is 0 Å². The molecule has 1 unspecified atom stereocenters. The highest BCUT2D eigenvalue weighted by Gasteiger charge is 2.29. The summed E-state index contributed by atoms with van der Waals surface area (Å²) >= 11 is 0. The van der Waals surface area contributed by atoms with Crippen molar-refractivity contribution in [1.82, 2.24) is 10.2 Å². The highest BCUT2D eigenvalue weighted by atomic mass is 19.1. The van der Waals surface area contributed by atoms with Crippen molar-refractivity contribution >= 4 is 22.6 Å². The van der Waals surface area contributed by atoms with E-state index in [1.54, 1.807) is 31.1 Å². The van der Waals surface area contributed by atoms with Crippen LogP contribution in [0.25, 0.3) is 10.8 Å². The van der Waals surface area contributed by atoms with Crippen LogP contribution in [0.2, 0.25) is 0 Å². The smallest absolute Gasteiger partial charge is 0.254 e. The van der Waals surface area contributed by atoms with Gasteiger partial charge in [0.15, 0.2) is 0 Å². The first-order chi connectivity index (χ1) is 15.5. The number of benzene rings is 3. The van der Waals surface area contributed by atoms with E-state index < -0.39 is 0 Å². The number of aryl methyl sites for hydroxylation is 1. The topological polar surface area (TPSA) is 58.6 Å². The van der Waals surface area contributed by atoms with Gasteiger partial charge in [0.2, 0.25) is 5.91 Å². The molecule has 0 bridgehead atoms. The molecule has 3 aromatic rings. The molecule has 1 atom stereocenters. The largest absolute Gasteiger partial charge is 0.496 e. The second-order valence-corrected chi connectivity index (χ2v) is 8.25. The molecule has 1 aliphatic heterocycles. The first kappa shape index (κ1) is 21.8. The Hall–Kier alpha value is -3.41. The number of halogens is 1. The minimum atomic E-state index is -0.285. The Kier molecular flexibility index (Phi) is 6.40. The number of likely N-dealkylation sites (tertiary alicyclic amines) is 1. The Morgan fingerprint density at radius 3 is 2.66 bits per heavy atom. The summed E-state index contributed by atoms with van der Waals surface area (Å²) in [7, 11) is 1.61. The molecule has 166 valence electrons. The van der Waals surface area contributed by atoms with E-state index in [0.717, 1.165) is 34.9 Å². The number of nitrogens with zero attached hydrogens (tertiary/aromatic N) is 1. The Morgan fingerprint density at radius 1 is 1.12 bits per heavy atom. The number of piperidine rings is 1. The predicted octanol–water partition coefficient (Wildman–Crippen LogP) is 4.46. The molecule has 0 saturated carbocycles. The monoisotopic (exact) mass is 434 g/mol. The molecular formula is C26H27FN2O3. The van der Waals surface area contributed by atoms with Gasteiger partial charge in [0.25, 0.3) is 5.91 Å². The van der Waals surface area contributed by atoms with Crippen LogP contribution >= 0.6 is 0 Å². The van der Waals surface area contributed by atoms with Crippen LogP contribution in [0.5, 0.6) is 5.75 Å². The van der Waals surface area contributed by atoms with E-state index in [1.165, 1.54) is 6.07 Å². The lowest BCUT2D eigenvalue weighted by molar-refractivity contribution is -0.126. The van der Waals surface area contributed by atoms with Crippen LogP contribution in [0.3, 0.4) is 0 Å². The Bertz CT molecular complexity index is 1160. The summed E-state index contributed by atoms with van der Waals surface area (Å²) in [6.45, 7) is 2.96. The maximum absolute atomic E-state index is 13.8. The highest BCUT2D eigenvalue weighted by molar-refractivity contribution is 6.08. The van der Waals surface area contributed by atoms with Gasteiger partial charge in [-0.3, -0.25) is 9.59 Å². The zero-order chi connectivity index (χ0) is 22.7. The fourth-order valence-electron chi connectivity index (χ4n) is 4.26. The summed E-state index contributed by atoms with van der Waals surface area (Å²) in [4.78, 5) is 27.9. The molecular weight excluding hydrogens is 407 g/mol. The summed E-state index contributed by atoms with van der Waals surface area (Å²) in [5.74, 6) is -0.0314. The fourth-order valence-corrected chi connectivity index (χ4v) is 4.26. The van der Waals surface area contributed by atoms with Crippen molar-refractivity contribution in [3.8, 4) is 5.75 Å². The molecule has 1 saturated heterocycles. The fraction of sp³-hybridized carbons (Fsp3) is 0.308. The minimum absolute atomic E-state index is 0.0815. The van der Waals surface area contributed by atoms with Gasteiger partial charge in [-0.05, 0) is 54.5 Å². The molecule has 3 aromatic carbocycles. The number of carbonyl (C=O) groups excluding carboxylic acids is 2. The number of hydrogen-bond acceptors (Lipinski definition) is 3. The molecule has 6 heteroatoms. The van der Waals surface area contributed by atoms with Crippen LogP contribution in [0.1, 0.15) is 34.3 Å². The van der Waals surface area contributed by atoms with Gasteiger partial charge in [0.05, 0.1) is 13.0 Å². The lowest BCUT2D eigenvalue weighted by Gasteiger charge is -2.32. The molecule has 4 rings (SSSR count). The van der Waals surface area contributed by atoms with Crippen LogP contribution in [0, 0.1) is 18.7 Å². The summed E-state index contributed by atoms with van der Waals surface area (Å²) < 4.78 is 19.2. The Balaban J connectivity index is 1.45. The number of nitrogens with one attached hydrogen (secondary N) is 1. The molecule has 0 spiro atoms. The van der Waals surface area contributed by atoms with Gasteiger partial charge < -0.3 is 15.0 Å². The van der Waals surface area contributed by atoms with E-state index in [9.17, 15) is 14.0 Å². The predicted molar refractivity (Wildman–Crippen MR) is 122 cm³/mol. The van der Waals surface area contributed by atoms with Crippen molar-refractivity contribution in [2.45, 2.75) is 26.3 Å². The molecule has 0 aliphatic carbocycles. The molecule has 1 aliphatic rings. The summed E-state index contributed by atoms with van der Waals surface area (Å²) in [6.07, 6.45) is 1.48. The van der Waals surface area contributed by atoms with E-state index in [2.05, 4.69) is 5.32 Å². The van der Waals surface area contributed by atoms with Gasteiger partial charge in [-0.15, -0.1) is 0 Å². The van der Waals surface area contributed by atoms with Crippen LogP contribution in [-0.2, 0) is 11.3 Å². The van der Waals surface area contributed by atoms with E-state index in [-0.39, 0.29) is 30.1 Å². The number of methoxy groups -OCH3 is 1. The number of carbonyl (C=O) groups is 2. The van der Waals surface area contributed by atoms with E-state index in [0.29, 0.717) is 24.2 Å². The molecule has 0 radical (unpaired) electrons. The maximum Gasteiger partial charge on any atom is 0.254 e. The second kappa shape index (κ2) is 9.39. The van der Waals surface area contributed by atoms with Crippen molar-refractivity contribution < 1.29 is 18.7 Å². The van der Waals surface area contributed by atoms with Crippen LogP contribution in [-0.4, -0.2) is 36.9 Å². The average molecular weight is 435 g/mol. The lowest BCUT2D eigenvalue weighted by atomic mass is 9.95. The lowest BCUT2D eigenvalue weighted by Crippen LogP contribution is -2.45. The number of ether oxygens (including phenoxy) is 1. The highest BCUT2D eigenvalue weighted by Crippen LogP contribution is 2.30. The van der Waals surface area contributed by atoms with Crippen LogP contribution in [0.15, 0.2) is 54.6 Å². The summed E-state index contributed by atoms with van der Waals surface area (Å²) in [5, 5.41) is 4.62. The van der Waals surface area contributed by atoms with E-state index in [1.807, 2.05) is 36.4 Å². The minimum Gasteiger partial charge on any atom is -0.496 e. The zero-order valence-electron chi connectivity index (χ0n) is 18.4. The third-order valence-corrected chi connectivity index (χ3v) is 6.12. The van der Waals surface area contributed by atoms with Crippen molar-refractivity contribution in [3.05, 3.63) is 77.1 Å². The number of rotatable bonds is 5. The normalized spacial score (nSPS) is 16.1.